The highest BCUT2D eigenvalue weighted by molar-refractivity contribution is 7.91. The van der Waals surface area contributed by atoms with Crippen molar-refractivity contribution in [3.8, 4) is 0 Å². The fourth-order valence-electron chi connectivity index (χ4n) is 3.59. The highest BCUT2D eigenvalue weighted by atomic mass is 32.2. The molecule has 1 fully saturated rings. The van der Waals surface area contributed by atoms with Gasteiger partial charge in [0.05, 0.1) is 23.0 Å². The van der Waals surface area contributed by atoms with Gasteiger partial charge in [-0.05, 0) is 37.8 Å². The van der Waals surface area contributed by atoms with Crippen molar-refractivity contribution in [2.45, 2.75) is 32.2 Å². The third-order valence-corrected chi connectivity index (χ3v) is 6.57. The zero-order valence-corrected chi connectivity index (χ0v) is 13.3. The third-order valence-electron chi connectivity index (χ3n) is 4.80. The summed E-state index contributed by atoms with van der Waals surface area (Å²) in [4.78, 5) is 14.7. The second-order valence-electron chi connectivity index (χ2n) is 6.56. The zero-order chi connectivity index (χ0) is 15.3. The first kappa shape index (κ1) is 14.6. The average Bonchev–Trinajstić information content (AvgIpc) is 2.79. The molecule has 0 spiro atoms. The van der Waals surface area contributed by atoms with Crippen LogP contribution in [0, 0.1) is 5.92 Å². The van der Waals surface area contributed by atoms with Gasteiger partial charge < -0.3 is 4.90 Å². The Hall–Kier alpha value is -1.36. The predicted octanol–water partition coefficient (Wildman–Crippen LogP) is 1.74. The van der Waals surface area contributed by atoms with Gasteiger partial charge in [0, 0.05) is 6.54 Å². The largest absolute Gasteiger partial charge is 0.333 e. The molecule has 21 heavy (non-hydrogen) atoms. The Morgan fingerprint density at radius 2 is 2.00 bits per heavy atom. The van der Waals surface area contributed by atoms with Crippen LogP contribution in [0.2, 0.25) is 0 Å². The second kappa shape index (κ2) is 4.83. The topological polar surface area (TPSA) is 54.5 Å². The van der Waals surface area contributed by atoms with E-state index in [-0.39, 0.29) is 28.9 Å². The monoisotopic (exact) mass is 307 g/mol. The molecule has 1 aromatic carbocycles. The molecule has 0 saturated carbocycles. The average molecular weight is 307 g/mol. The molecule has 5 heteroatoms. The minimum atomic E-state index is -3.02. The van der Waals surface area contributed by atoms with Gasteiger partial charge >= 0.3 is 0 Å². The van der Waals surface area contributed by atoms with Crippen molar-refractivity contribution in [2.75, 3.05) is 18.1 Å². The SMILES string of the molecule is CC1(C)c2ccccc2CCN1C(=O)C1CCS(=O)(=O)C1. The number of nitrogens with zero attached hydrogens (tertiary/aromatic N) is 1. The minimum absolute atomic E-state index is 0.00409. The van der Waals surface area contributed by atoms with Crippen molar-refractivity contribution in [1.82, 2.24) is 4.90 Å². The van der Waals surface area contributed by atoms with E-state index in [1.165, 1.54) is 11.1 Å². The van der Waals surface area contributed by atoms with E-state index in [1.54, 1.807) is 0 Å². The van der Waals surface area contributed by atoms with Gasteiger partial charge in [0.2, 0.25) is 5.91 Å². The van der Waals surface area contributed by atoms with Crippen LogP contribution in [0.5, 0.6) is 0 Å². The Bertz CT molecular complexity index is 679. The van der Waals surface area contributed by atoms with Crippen LogP contribution in [0.3, 0.4) is 0 Å². The van der Waals surface area contributed by atoms with Gasteiger partial charge in [-0.2, -0.15) is 0 Å². The van der Waals surface area contributed by atoms with Crippen LogP contribution in [-0.2, 0) is 26.6 Å². The standard InChI is InChI=1S/C16H21NO3S/c1-16(2)14-6-4-3-5-12(14)7-9-17(16)15(18)13-8-10-21(19,20)11-13/h3-6,13H,7-11H2,1-2H3. The molecule has 2 aliphatic rings. The highest BCUT2D eigenvalue weighted by Crippen LogP contribution is 2.36. The number of sulfone groups is 1. The fourth-order valence-corrected chi connectivity index (χ4v) is 5.32. The van der Waals surface area contributed by atoms with Gasteiger partial charge in [0.15, 0.2) is 9.84 Å². The first-order chi connectivity index (χ1) is 9.81. The van der Waals surface area contributed by atoms with Crippen LogP contribution < -0.4 is 0 Å². The molecule has 1 amide bonds. The maximum atomic E-state index is 12.8. The number of fused-ring (bicyclic) bond motifs is 1. The van der Waals surface area contributed by atoms with E-state index >= 15 is 0 Å². The molecule has 114 valence electrons. The van der Waals surface area contributed by atoms with E-state index in [4.69, 9.17) is 0 Å². The molecule has 2 heterocycles. The number of rotatable bonds is 1. The Labute approximate surface area is 126 Å². The van der Waals surface area contributed by atoms with E-state index in [0.717, 1.165) is 6.42 Å². The molecule has 2 aliphatic heterocycles. The Kier molecular flexibility index (Phi) is 3.35. The summed E-state index contributed by atoms with van der Waals surface area (Å²) in [5.74, 6) is -0.205. The van der Waals surface area contributed by atoms with Crippen LogP contribution in [0.4, 0.5) is 0 Å². The number of amides is 1. The number of carbonyl (C=O) groups is 1. The van der Waals surface area contributed by atoms with E-state index in [2.05, 4.69) is 12.1 Å². The second-order valence-corrected chi connectivity index (χ2v) is 8.78. The van der Waals surface area contributed by atoms with Gasteiger partial charge in [-0.25, -0.2) is 8.42 Å². The van der Waals surface area contributed by atoms with E-state index in [0.29, 0.717) is 13.0 Å². The fraction of sp³-hybridized carbons (Fsp3) is 0.562. The van der Waals surface area contributed by atoms with Gasteiger partial charge in [0.1, 0.15) is 0 Å². The normalized spacial score (nSPS) is 26.4. The third kappa shape index (κ3) is 2.48. The summed E-state index contributed by atoms with van der Waals surface area (Å²) < 4.78 is 23.2. The van der Waals surface area contributed by atoms with E-state index < -0.39 is 9.84 Å². The Balaban J connectivity index is 1.89. The van der Waals surface area contributed by atoms with Gasteiger partial charge in [0.25, 0.3) is 0 Å². The number of carbonyl (C=O) groups excluding carboxylic acids is 1. The zero-order valence-electron chi connectivity index (χ0n) is 12.5. The lowest BCUT2D eigenvalue weighted by molar-refractivity contribution is -0.141. The van der Waals surface area contributed by atoms with Crippen molar-refractivity contribution in [2.24, 2.45) is 5.92 Å². The lowest BCUT2D eigenvalue weighted by atomic mass is 9.82. The van der Waals surface area contributed by atoms with Gasteiger partial charge in [-0.3, -0.25) is 4.79 Å². The maximum Gasteiger partial charge on any atom is 0.227 e. The number of hydrogen-bond acceptors (Lipinski definition) is 3. The molecule has 1 unspecified atom stereocenters. The molecule has 0 aromatic heterocycles. The van der Waals surface area contributed by atoms with E-state index in [9.17, 15) is 13.2 Å². The van der Waals surface area contributed by atoms with Crippen molar-refractivity contribution in [1.29, 1.82) is 0 Å². The summed E-state index contributed by atoms with van der Waals surface area (Å²) in [7, 11) is -3.02. The molecular weight excluding hydrogens is 286 g/mol. The molecule has 4 nitrogen and oxygen atoms in total. The Morgan fingerprint density at radius 1 is 1.29 bits per heavy atom. The summed E-state index contributed by atoms with van der Waals surface area (Å²) in [5, 5.41) is 0. The quantitative estimate of drug-likeness (QED) is 0.794. The van der Waals surface area contributed by atoms with E-state index in [1.807, 2.05) is 30.9 Å². The van der Waals surface area contributed by atoms with Crippen molar-refractivity contribution < 1.29 is 13.2 Å². The first-order valence-electron chi connectivity index (χ1n) is 7.41. The van der Waals surface area contributed by atoms with Crippen molar-refractivity contribution in [3.63, 3.8) is 0 Å². The van der Waals surface area contributed by atoms with Crippen LogP contribution >= 0.6 is 0 Å². The van der Waals surface area contributed by atoms with Gasteiger partial charge in [-0.15, -0.1) is 0 Å². The maximum absolute atomic E-state index is 12.8. The smallest absolute Gasteiger partial charge is 0.227 e. The number of hydrogen-bond donors (Lipinski definition) is 0. The van der Waals surface area contributed by atoms with Crippen LogP contribution in [0.1, 0.15) is 31.4 Å². The molecular formula is C16H21NO3S. The van der Waals surface area contributed by atoms with Crippen LogP contribution in [0.25, 0.3) is 0 Å². The molecule has 0 radical (unpaired) electrons. The minimum Gasteiger partial charge on any atom is -0.333 e. The van der Waals surface area contributed by atoms with Crippen molar-refractivity contribution >= 4 is 15.7 Å². The lowest BCUT2D eigenvalue weighted by Gasteiger charge is -2.45. The molecule has 1 atom stereocenters. The van der Waals surface area contributed by atoms with Crippen LogP contribution in [-0.4, -0.2) is 37.3 Å². The first-order valence-corrected chi connectivity index (χ1v) is 9.24. The lowest BCUT2D eigenvalue weighted by Crippen LogP contribution is -2.52. The summed E-state index contributed by atoms with van der Waals surface area (Å²) in [6.45, 7) is 4.76. The highest BCUT2D eigenvalue weighted by Gasteiger charge is 2.42. The summed E-state index contributed by atoms with van der Waals surface area (Å²) in [5.41, 5.74) is 2.08. The summed E-state index contributed by atoms with van der Waals surface area (Å²) >= 11 is 0. The molecule has 1 aromatic rings. The summed E-state index contributed by atoms with van der Waals surface area (Å²) in [6.07, 6.45) is 1.31. The number of benzene rings is 1. The molecule has 0 aliphatic carbocycles. The molecule has 1 saturated heterocycles. The summed E-state index contributed by atoms with van der Waals surface area (Å²) in [6, 6.07) is 8.20. The Morgan fingerprint density at radius 3 is 2.67 bits per heavy atom. The predicted molar refractivity (Wildman–Crippen MR) is 81.6 cm³/mol. The molecule has 0 bridgehead atoms. The molecule has 0 N–H and O–H groups in total. The molecule has 3 rings (SSSR count). The van der Waals surface area contributed by atoms with Crippen molar-refractivity contribution in [3.05, 3.63) is 35.4 Å². The van der Waals surface area contributed by atoms with Crippen LogP contribution in [0.15, 0.2) is 24.3 Å². The van der Waals surface area contributed by atoms with Gasteiger partial charge in [-0.1, -0.05) is 24.3 Å².